The van der Waals surface area contributed by atoms with E-state index in [0.29, 0.717) is 5.56 Å². The molecule has 0 spiro atoms. The number of rotatable bonds is 7. The molecule has 4 rings (SSSR count). The van der Waals surface area contributed by atoms with Crippen LogP contribution in [0.15, 0.2) is 72.8 Å². The molecule has 1 aliphatic carbocycles. The van der Waals surface area contributed by atoms with Crippen LogP contribution in [-0.4, -0.2) is 36.2 Å². The molecule has 1 aliphatic rings. The molecule has 0 unspecified atom stereocenters. The third-order valence-corrected chi connectivity index (χ3v) is 5.40. The molecule has 7 heteroatoms. The quantitative estimate of drug-likeness (QED) is 0.532. The minimum atomic E-state index is -1.03. The van der Waals surface area contributed by atoms with Crippen molar-refractivity contribution in [2.24, 2.45) is 0 Å². The van der Waals surface area contributed by atoms with Gasteiger partial charge < -0.3 is 20.5 Å². The van der Waals surface area contributed by atoms with E-state index in [-0.39, 0.29) is 31.2 Å². The van der Waals surface area contributed by atoms with E-state index >= 15 is 0 Å². The summed E-state index contributed by atoms with van der Waals surface area (Å²) in [4.78, 5) is 35.2. The molecular formula is C25H22N2O5. The van der Waals surface area contributed by atoms with Crippen LogP contribution in [-0.2, 0) is 16.1 Å². The third-order valence-electron chi connectivity index (χ3n) is 5.40. The number of ether oxygens (including phenoxy) is 1. The molecule has 3 aromatic rings. The average molecular weight is 430 g/mol. The van der Waals surface area contributed by atoms with Crippen LogP contribution >= 0.6 is 0 Å². The highest BCUT2D eigenvalue weighted by Gasteiger charge is 2.29. The van der Waals surface area contributed by atoms with Crippen molar-refractivity contribution in [2.75, 3.05) is 13.2 Å². The van der Waals surface area contributed by atoms with Gasteiger partial charge in [0, 0.05) is 12.5 Å². The first-order chi connectivity index (χ1) is 15.5. The van der Waals surface area contributed by atoms with E-state index in [9.17, 15) is 14.4 Å². The smallest absolute Gasteiger partial charge is 0.407 e. The van der Waals surface area contributed by atoms with Crippen LogP contribution in [0.25, 0.3) is 11.1 Å². The fraction of sp³-hybridized carbons (Fsp3) is 0.160. The first kappa shape index (κ1) is 21.1. The van der Waals surface area contributed by atoms with Crippen molar-refractivity contribution in [3.05, 3.63) is 95.1 Å². The molecule has 0 atom stereocenters. The molecule has 0 aliphatic heterocycles. The Balaban J connectivity index is 1.26. The molecule has 32 heavy (non-hydrogen) atoms. The predicted molar refractivity (Wildman–Crippen MR) is 118 cm³/mol. The second-order valence-electron chi connectivity index (χ2n) is 7.46. The van der Waals surface area contributed by atoms with Crippen LogP contribution in [0.4, 0.5) is 4.79 Å². The number of carbonyl (C=O) groups excluding carboxylic acids is 2. The first-order valence-corrected chi connectivity index (χ1v) is 10.2. The summed E-state index contributed by atoms with van der Waals surface area (Å²) in [6.45, 7) is 0.0884. The van der Waals surface area contributed by atoms with E-state index in [1.165, 1.54) is 12.1 Å². The summed E-state index contributed by atoms with van der Waals surface area (Å²) in [5.41, 5.74) is 5.31. The van der Waals surface area contributed by atoms with Crippen molar-refractivity contribution in [2.45, 2.75) is 12.5 Å². The van der Waals surface area contributed by atoms with Gasteiger partial charge in [-0.1, -0.05) is 60.7 Å². The maximum atomic E-state index is 12.1. The van der Waals surface area contributed by atoms with Crippen LogP contribution in [0, 0.1) is 0 Å². The number of carboxylic acids is 1. The van der Waals surface area contributed by atoms with Crippen molar-refractivity contribution in [3.8, 4) is 11.1 Å². The number of nitrogens with one attached hydrogen (secondary N) is 2. The van der Waals surface area contributed by atoms with Crippen molar-refractivity contribution in [1.82, 2.24) is 10.6 Å². The Morgan fingerprint density at radius 1 is 0.844 bits per heavy atom. The number of alkyl carbamates (subject to hydrolysis) is 1. The Hall–Kier alpha value is -4.13. The van der Waals surface area contributed by atoms with Crippen LogP contribution in [0.2, 0.25) is 0 Å². The average Bonchev–Trinajstić information content (AvgIpc) is 3.14. The number of carbonyl (C=O) groups is 3. The molecule has 0 saturated carbocycles. The maximum absolute atomic E-state index is 12.1. The number of benzene rings is 3. The van der Waals surface area contributed by atoms with Gasteiger partial charge in [-0.15, -0.1) is 0 Å². The predicted octanol–water partition coefficient (Wildman–Crippen LogP) is 3.54. The van der Waals surface area contributed by atoms with Crippen molar-refractivity contribution < 1.29 is 24.2 Å². The largest absolute Gasteiger partial charge is 0.478 e. The summed E-state index contributed by atoms with van der Waals surface area (Å²) in [5.74, 6) is -1.49. The zero-order valence-electron chi connectivity index (χ0n) is 17.2. The second-order valence-corrected chi connectivity index (χ2v) is 7.46. The molecular weight excluding hydrogens is 408 g/mol. The molecule has 0 saturated heterocycles. The molecule has 0 fully saturated rings. The molecule has 0 bridgehead atoms. The summed E-state index contributed by atoms with van der Waals surface area (Å²) in [6.07, 6.45) is -0.671. The monoisotopic (exact) mass is 430 g/mol. The summed E-state index contributed by atoms with van der Waals surface area (Å²) in [6, 6.07) is 22.4. The number of hydrogen-bond donors (Lipinski definition) is 3. The van der Waals surface area contributed by atoms with Gasteiger partial charge in [-0.05, 0) is 39.9 Å². The van der Waals surface area contributed by atoms with Crippen LogP contribution in [0.3, 0.4) is 0 Å². The second kappa shape index (κ2) is 9.34. The maximum Gasteiger partial charge on any atom is 0.407 e. The molecule has 3 N–H and O–H groups in total. The molecule has 0 heterocycles. The highest BCUT2D eigenvalue weighted by molar-refractivity contribution is 5.88. The Labute approximate surface area is 185 Å². The highest BCUT2D eigenvalue weighted by atomic mass is 16.5. The van der Waals surface area contributed by atoms with Gasteiger partial charge in [0.15, 0.2) is 0 Å². The van der Waals surface area contributed by atoms with E-state index in [2.05, 4.69) is 22.8 Å². The first-order valence-electron chi connectivity index (χ1n) is 10.2. The number of fused-ring (bicyclic) bond motifs is 3. The normalized spacial score (nSPS) is 11.9. The molecule has 3 aromatic carbocycles. The van der Waals surface area contributed by atoms with E-state index in [4.69, 9.17) is 9.84 Å². The Kier molecular flexibility index (Phi) is 6.17. The van der Waals surface area contributed by atoms with E-state index in [1.807, 2.05) is 36.4 Å². The van der Waals surface area contributed by atoms with Crippen LogP contribution in [0.1, 0.15) is 33.0 Å². The number of carboxylic acid groups (broad SMARTS) is 1. The topological polar surface area (TPSA) is 105 Å². The Morgan fingerprint density at radius 3 is 2.16 bits per heavy atom. The fourth-order valence-corrected chi connectivity index (χ4v) is 3.88. The van der Waals surface area contributed by atoms with Gasteiger partial charge in [-0.2, -0.15) is 0 Å². The lowest BCUT2D eigenvalue weighted by molar-refractivity contribution is -0.120. The highest BCUT2D eigenvalue weighted by Crippen LogP contribution is 2.44. The summed E-state index contributed by atoms with van der Waals surface area (Å²) in [5, 5.41) is 14.1. The van der Waals surface area contributed by atoms with Gasteiger partial charge in [0.25, 0.3) is 0 Å². The van der Waals surface area contributed by atoms with Crippen LogP contribution < -0.4 is 10.6 Å². The van der Waals surface area contributed by atoms with Gasteiger partial charge in [0.05, 0.1) is 5.56 Å². The number of amides is 2. The minimum Gasteiger partial charge on any atom is -0.478 e. The Bertz CT molecular complexity index is 1130. The van der Waals surface area contributed by atoms with Gasteiger partial charge in [-0.3, -0.25) is 4.79 Å². The lowest BCUT2D eigenvalue weighted by Gasteiger charge is -2.14. The third kappa shape index (κ3) is 4.62. The lowest BCUT2D eigenvalue weighted by atomic mass is 9.98. The molecule has 0 radical (unpaired) electrons. The number of aromatic carboxylic acids is 1. The summed E-state index contributed by atoms with van der Waals surface area (Å²) >= 11 is 0. The zero-order valence-corrected chi connectivity index (χ0v) is 17.2. The molecule has 162 valence electrons. The van der Waals surface area contributed by atoms with Gasteiger partial charge >= 0.3 is 12.1 Å². The summed E-state index contributed by atoms with van der Waals surface area (Å²) in [7, 11) is 0. The zero-order chi connectivity index (χ0) is 22.5. The van der Waals surface area contributed by atoms with Gasteiger partial charge in [0.2, 0.25) is 5.91 Å². The fourth-order valence-electron chi connectivity index (χ4n) is 3.88. The van der Waals surface area contributed by atoms with Gasteiger partial charge in [0.1, 0.15) is 13.2 Å². The minimum absolute atomic E-state index is 0.0523. The standard InChI is InChI=1S/C25H22N2O5/c28-23(26-13-16-6-5-7-17(12-16)24(29)30)14-27-25(31)32-15-22-20-10-3-1-8-18(20)19-9-2-4-11-21(19)22/h1-12,22H,13-15H2,(H,26,28)(H,27,31)(H,29,30). The lowest BCUT2D eigenvalue weighted by Crippen LogP contribution is -2.37. The van der Waals surface area contributed by atoms with Crippen molar-refractivity contribution in [1.29, 1.82) is 0 Å². The molecule has 7 nitrogen and oxygen atoms in total. The molecule has 0 aromatic heterocycles. The van der Waals surface area contributed by atoms with E-state index in [0.717, 1.165) is 22.3 Å². The van der Waals surface area contributed by atoms with Crippen LogP contribution in [0.5, 0.6) is 0 Å². The number of hydrogen-bond acceptors (Lipinski definition) is 4. The molecule has 2 amide bonds. The van der Waals surface area contributed by atoms with E-state index in [1.54, 1.807) is 12.1 Å². The van der Waals surface area contributed by atoms with Crippen molar-refractivity contribution >= 4 is 18.0 Å². The van der Waals surface area contributed by atoms with Crippen molar-refractivity contribution in [3.63, 3.8) is 0 Å². The van der Waals surface area contributed by atoms with E-state index < -0.39 is 18.0 Å². The SMILES string of the molecule is O=C(CNC(=O)OCC1c2ccccc2-c2ccccc21)NCc1cccc(C(=O)O)c1. The summed E-state index contributed by atoms with van der Waals surface area (Å²) < 4.78 is 5.40. The Morgan fingerprint density at radius 2 is 1.50 bits per heavy atom. The van der Waals surface area contributed by atoms with Gasteiger partial charge in [-0.25, -0.2) is 9.59 Å².